The van der Waals surface area contributed by atoms with E-state index in [-0.39, 0.29) is 23.9 Å². The Labute approximate surface area is 192 Å². The SMILES string of the molecule is Cc1nc(NC2CC(CN3Cc4cc(F)c(F)cc4C3)C2)nc2c1NC(=O)C(C(C)C)N2C. The minimum absolute atomic E-state index is 0.0243. The van der Waals surface area contributed by atoms with Gasteiger partial charge in [-0.1, -0.05) is 13.8 Å². The van der Waals surface area contributed by atoms with Gasteiger partial charge >= 0.3 is 0 Å². The normalized spacial score (nSPS) is 24.4. The van der Waals surface area contributed by atoms with Gasteiger partial charge in [0.2, 0.25) is 11.9 Å². The van der Waals surface area contributed by atoms with Gasteiger partial charge in [-0.2, -0.15) is 4.98 Å². The Hall–Kier alpha value is -2.81. The average Bonchev–Trinajstić information content (AvgIpc) is 3.08. The van der Waals surface area contributed by atoms with Gasteiger partial charge in [-0.05, 0) is 54.9 Å². The fourth-order valence-corrected chi connectivity index (χ4v) is 5.42. The summed E-state index contributed by atoms with van der Waals surface area (Å²) in [5.74, 6) is 0.448. The number of halogens is 2. The highest BCUT2D eigenvalue weighted by Crippen LogP contribution is 2.36. The van der Waals surface area contributed by atoms with Crippen LogP contribution in [0, 0.1) is 30.4 Å². The number of nitrogens with one attached hydrogen (secondary N) is 2. The number of rotatable bonds is 5. The van der Waals surface area contributed by atoms with Crippen LogP contribution in [0.5, 0.6) is 0 Å². The smallest absolute Gasteiger partial charge is 0.247 e. The molecule has 1 fully saturated rings. The molecule has 0 bridgehead atoms. The van der Waals surface area contributed by atoms with E-state index >= 15 is 0 Å². The number of anilines is 3. The molecule has 1 saturated carbocycles. The Kier molecular flexibility index (Phi) is 5.47. The van der Waals surface area contributed by atoms with E-state index in [2.05, 4.69) is 20.5 Å². The van der Waals surface area contributed by atoms with Crippen LogP contribution in [0.15, 0.2) is 12.1 Å². The summed E-state index contributed by atoms with van der Waals surface area (Å²) in [5.41, 5.74) is 3.20. The first kappa shape index (κ1) is 22.0. The van der Waals surface area contributed by atoms with Crippen LogP contribution in [-0.2, 0) is 17.9 Å². The van der Waals surface area contributed by atoms with Crippen molar-refractivity contribution in [3.63, 3.8) is 0 Å². The lowest BCUT2D eigenvalue weighted by Gasteiger charge is -2.39. The monoisotopic (exact) mass is 456 g/mol. The van der Waals surface area contributed by atoms with Crippen LogP contribution in [0.1, 0.15) is 43.5 Å². The van der Waals surface area contributed by atoms with Gasteiger partial charge in [0, 0.05) is 32.7 Å². The lowest BCUT2D eigenvalue weighted by molar-refractivity contribution is -0.118. The number of aromatic nitrogens is 2. The summed E-state index contributed by atoms with van der Waals surface area (Å²) in [6.45, 7) is 8.19. The van der Waals surface area contributed by atoms with Gasteiger partial charge in [-0.25, -0.2) is 13.8 Å². The number of carbonyl (C=O) groups is 1. The van der Waals surface area contributed by atoms with Crippen molar-refractivity contribution < 1.29 is 13.6 Å². The summed E-state index contributed by atoms with van der Waals surface area (Å²) in [7, 11) is 1.91. The van der Waals surface area contributed by atoms with Crippen LogP contribution in [0.4, 0.5) is 26.2 Å². The molecule has 3 aliphatic rings. The number of hydrogen-bond acceptors (Lipinski definition) is 6. The zero-order valence-electron chi connectivity index (χ0n) is 19.5. The highest BCUT2D eigenvalue weighted by molar-refractivity contribution is 6.03. The summed E-state index contributed by atoms with van der Waals surface area (Å²) in [4.78, 5) is 26.0. The Balaban J connectivity index is 1.19. The van der Waals surface area contributed by atoms with E-state index in [0.717, 1.165) is 42.0 Å². The van der Waals surface area contributed by atoms with Crippen molar-refractivity contribution in [1.29, 1.82) is 0 Å². The van der Waals surface area contributed by atoms with Crippen molar-refractivity contribution in [1.82, 2.24) is 14.9 Å². The number of amides is 1. The zero-order chi connectivity index (χ0) is 23.4. The minimum Gasteiger partial charge on any atom is -0.351 e. The maximum atomic E-state index is 13.5. The van der Waals surface area contributed by atoms with E-state index in [0.29, 0.717) is 30.6 Å². The molecule has 2 aromatic rings. The van der Waals surface area contributed by atoms with Gasteiger partial charge in [0.1, 0.15) is 11.7 Å². The van der Waals surface area contributed by atoms with Gasteiger partial charge in [-0.3, -0.25) is 9.69 Å². The molecule has 33 heavy (non-hydrogen) atoms. The van der Waals surface area contributed by atoms with Crippen molar-refractivity contribution in [3.05, 3.63) is 40.6 Å². The summed E-state index contributed by atoms with van der Waals surface area (Å²) >= 11 is 0. The van der Waals surface area contributed by atoms with Gasteiger partial charge in [0.05, 0.1) is 5.69 Å². The molecule has 1 aromatic heterocycles. The number of likely N-dealkylation sites (N-methyl/N-ethyl adjacent to an activating group) is 1. The van der Waals surface area contributed by atoms with Crippen LogP contribution >= 0.6 is 0 Å². The highest BCUT2D eigenvalue weighted by Gasteiger charge is 2.36. The van der Waals surface area contributed by atoms with Crippen molar-refractivity contribution in [2.75, 3.05) is 29.1 Å². The predicted octanol–water partition coefficient (Wildman–Crippen LogP) is 3.68. The Bertz CT molecular complexity index is 1070. The van der Waals surface area contributed by atoms with Crippen LogP contribution in [-0.4, -0.2) is 46.5 Å². The number of aryl methyl sites for hydroxylation is 1. The van der Waals surface area contributed by atoms with E-state index < -0.39 is 11.6 Å². The first-order valence-electron chi connectivity index (χ1n) is 11.6. The van der Waals surface area contributed by atoms with E-state index in [1.54, 1.807) is 0 Å². The molecule has 7 nitrogen and oxygen atoms in total. The van der Waals surface area contributed by atoms with Crippen LogP contribution in [0.2, 0.25) is 0 Å². The van der Waals surface area contributed by atoms with Gasteiger partial charge in [-0.15, -0.1) is 0 Å². The van der Waals surface area contributed by atoms with E-state index in [4.69, 9.17) is 4.98 Å². The number of hydrogen-bond donors (Lipinski definition) is 2. The van der Waals surface area contributed by atoms with E-state index in [9.17, 15) is 13.6 Å². The molecule has 5 rings (SSSR count). The van der Waals surface area contributed by atoms with E-state index in [1.807, 2.05) is 32.7 Å². The second-order valence-corrected chi connectivity index (χ2v) is 10.0. The molecule has 2 aliphatic heterocycles. The number of fused-ring (bicyclic) bond motifs is 2. The largest absolute Gasteiger partial charge is 0.351 e. The summed E-state index contributed by atoms with van der Waals surface area (Å²) in [5, 5.41) is 6.43. The van der Waals surface area contributed by atoms with Crippen molar-refractivity contribution >= 4 is 23.4 Å². The van der Waals surface area contributed by atoms with Crippen molar-refractivity contribution in [3.8, 4) is 0 Å². The van der Waals surface area contributed by atoms with Crippen molar-refractivity contribution in [2.24, 2.45) is 11.8 Å². The fraction of sp³-hybridized carbons (Fsp3) is 0.542. The number of benzene rings is 1. The third-order valence-corrected chi connectivity index (χ3v) is 7.09. The quantitative estimate of drug-likeness (QED) is 0.715. The van der Waals surface area contributed by atoms with Gasteiger partial charge < -0.3 is 15.5 Å². The van der Waals surface area contributed by atoms with Crippen LogP contribution < -0.4 is 15.5 Å². The Morgan fingerprint density at radius 2 is 1.79 bits per heavy atom. The Morgan fingerprint density at radius 1 is 1.15 bits per heavy atom. The summed E-state index contributed by atoms with van der Waals surface area (Å²) in [6.07, 6.45) is 1.99. The average molecular weight is 457 g/mol. The molecule has 176 valence electrons. The molecule has 1 amide bonds. The number of carbonyl (C=O) groups excluding carboxylic acids is 1. The second kappa shape index (κ2) is 8.20. The zero-order valence-corrected chi connectivity index (χ0v) is 19.5. The highest BCUT2D eigenvalue weighted by atomic mass is 19.2. The molecule has 2 N–H and O–H groups in total. The molecular weight excluding hydrogens is 426 g/mol. The maximum absolute atomic E-state index is 13.5. The van der Waals surface area contributed by atoms with E-state index in [1.165, 1.54) is 12.1 Å². The molecule has 3 heterocycles. The lowest BCUT2D eigenvalue weighted by Crippen LogP contribution is -2.50. The third-order valence-electron chi connectivity index (χ3n) is 7.09. The van der Waals surface area contributed by atoms with Crippen molar-refractivity contribution in [2.45, 2.75) is 58.8 Å². The maximum Gasteiger partial charge on any atom is 0.247 e. The molecule has 1 aliphatic carbocycles. The standard InChI is InChI=1S/C24H30F2N6O/c1-12(2)21-23(33)29-20-13(3)27-24(30-22(20)31(21)4)28-17-5-14(6-17)9-32-10-15-7-18(25)19(26)8-16(15)11-32/h7-8,12,14,17,21H,5-6,9-11H2,1-4H3,(H,29,33)(H,27,28,30). The molecule has 1 unspecified atom stereocenters. The summed E-state index contributed by atoms with van der Waals surface area (Å²) in [6, 6.07) is 2.68. The molecule has 0 radical (unpaired) electrons. The van der Waals surface area contributed by atoms with Gasteiger partial charge in [0.25, 0.3) is 0 Å². The molecule has 1 aromatic carbocycles. The second-order valence-electron chi connectivity index (χ2n) is 10.0. The number of nitrogens with zero attached hydrogens (tertiary/aromatic N) is 4. The first-order chi connectivity index (χ1) is 15.7. The first-order valence-corrected chi connectivity index (χ1v) is 11.6. The molecule has 1 atom stereocenters. The third kappa shape index (κ3) is 4.03. The van der Waals surface area contributed by atoms with Crippen LogP contribution in [0.25, 0.3) is 0 Å². The topological polar surface area (TPSA) is 73.4 Å². The molecule has 9 heteroatoms. The lowest BCUT2D eigenvalue weighted by atomic mass is 9.80. The van der Waals surface area contributed by atoms with Crippen LogP contribution in [0.3, 0.4) is 0 Å². The minimum atomic E-state index is -0.770. The molecule has 0 spiro atoms. The predicted molar refractivity (Wildman–Crippen MR) is 123 cm³/mol. The Morgan fingerprint density at radius 3 is 2.39 bits per heavy atom. The summed E-state index contributed by atoms with van der Waals surface area (Å²) < 4.78 is 27.0. The fourth-order valence-electron chi connectivity index (χ4n) is 5.42. The van der Waals surface area contributed by atoms with Gasteiger partial charge in [0.15, 0.2) is 17.5 Å². The molecule has 0 saturated heterocycles. The molecular formula is C24H30F2N6O.